The molecule has 0 aliphatic heterocycles. The summed E-state index contributed by atoms with van der Waals surface area (Å²) in [6, 6.07) is 62.6. The van der Waals surface area contributed by atoms with Gasteiger partial charge in [-0.15, -0.1) is 0 Å². The Kier molecular flexibility index (Phi) is 6.08. The lowest BCUT2D eigenvalue weighted by Gasteiger charge is -2.19. The molecule has 0 aliphatic rings. The van der Waals surface area contributed by atoms with Crippen molar-refractivity contribution in [3.63, 3.8) is 0 Å². The molecular formula is C54H34. The Morgan fingerprint density at radius 3 is 1.11 bits per heavy atom. The van der Waals surface area contributed by atoms with Gasteiger partial charge in [0.25, 0.3) is 0 Å². The van der Waals surface area contributed by atoms with Crippen LogP contribution in [-0.2, 0) is 0 Å². The second kappa shape index (κ2) is 12.3. The van der Waals surface area contributed by atoms with Gasteiger partial charge in [0.2, 0.25) is 0 Å². The highest BCUT2D eigenvalue weighted by Crippen LogP contribution is 2.46. The Morgan fingerprint density at radius 2 is 0.611 bits per heavy atom. The monoisotopic (exact) mass is 686 g/mol. The fourth-order valence-electron chi connectivity index (χ4n) is 8.56. The van der Waals surface area contributed by atoms with Gasteiger partial charge in [0.1, 0.15) is 0 Å². The third-order valence-electron chi connectivity index (χ3n) is 11.0. The molecule has 0 saturated heterocycles. The van der Waals surface area contributed by atoms with E-state index in [4.69, 9.17) is 0 Å². The van der Waals surface area contributed by atoms with E-state index in [1.165, 1.54) is 16.2 Å². The molecule has 0 heteroatoms. The van der Waals surface area contributed by atoms with E-state index in [-0.39, 0.29) is 24.2 Å². The highest BCUT2D eigenvalue weighted by Gasteiger charge is 2.18. The van der Waals surface area contributed by atoms with Crippen LogP contribution in [0, 0.1) is 0 Å². The zero-order valence-electron chi connectivity index (χ0n) is 33.3. The summed E-state index contributed by atoms with van der Waals surface area (Å²) >= 11 is 0. The van der Waals surface area contributed by atoms with Crippen molar-refractivity contribution < 1.29 is 5.48 Å². The van der Waals surface area contributed by atoms with Gasteiger partial charge in [-0.25, -0.2) is 0 Å². The first-order valence-electron chi connectivity index (χ1n) is 20.4. The zero-order chi connectivity index (χ0) is 39.1. The molecule has 0 fully saturated rings. The van der Waals surface area contributed by atoms with Crippen LogP contribution in [0.4, 0.5) is 0 Å². The van der Waals surface area contributed by atoms with E-state index in [1.54, 1.807) is 0 Å². The molecule has 0 aromatic heterocycles. The Morgan fingerprint density at radius 1 is 0.241 bits per heavy atom. The lowest BCUT2D eigenvalue weighted by atomic mass is 9.84. The summed E-state index contributed by atoms with van der Waals surface area (Å²) in [5, 5.41) is 10.4. The summed E-state index contributed by atoms with van der Waals surface area (Å²) in [5.74, 6) is 0. The molecule has 0 heterocycles. The first-order chi connectivity index (χ1) is 28.4. The van der Waals surface area contributed by atoms with Crippen molar-refractivity contribution in [2.24, 2.45) is 0 Å². The Labute approximate surface area is 320 Å². The van der Waals surface area contributed by atoms with Gasteiger partial charge in [-0.2, -0.15) is 0 Å². The summed E-state index contributed by atoms with van der Waals surface area (Å²) in [5.41, 5.74) is 8.57. The molecular weight excluding hydrogens is 649 g/mol. The molecule has 11 aromatic rings. The van der Waals surface area contributed by atoms with Crippen LogP contribution in [0.15, 0.2) is 206 Å². The van der Waals surface area contributed by atoms with Gasteiger partial charge in [0, 0.05) is 0 Å². The lowest BCUT2D eigenvalue weighted by Crippen LogP contribution is -1.92. The van der Waals surface area contributed by atoms with Gasteiger partial charge in [0.05, 0.1) is 5.48 Å². The minimum Gasteiger partial charge on any atom is -0.0622 e. The van der Waals surface area contributed by atoms with Crippen LogP contribution >= 0.6 is 0 Å². The van der Waals surface area contributed by atoms with E-state index in [9.17, 15) is 5.48 Å². The van der Waals surface area contributed by atoms with Crippen molar-refractivity contribution in [1.29, 1.82) is 0 Å². The summed E-state index contributed by atoms with van der Waals surface area (Å²) < 4.78 is 38.4. The van der Waals surface area contributed by atoms with Crippen LogP contribution in [0.25, 0.3) is 109 Å². The molecule has 0 amide bonds. The quantitative estimate of drug-likeness (QED) is 0.125. The Bertz CT molecular complexity index is 3220. The largest absolute Gasteiger partial charge is 0.0629 e. The van der Waals surface area contributed by atoms with E-state index in [2.05, 4.69) is 133 Å². The number of hydrogen-bond acceptors (Lipinski definition) is 0. The van der Waals surface area contributed by atoms with Crippen LogP contribution in [0.3, 0.4) is 0 Å². The van der Waals surface area contributed by atoms with Crippen molar-refractivity contribution in [1.82, 2.24) is 0 Å². The van der Waals surface area contributed by atoms with Gasteiger partial charge < -0.3 is 0 Å². The van der Waals surface area contributed by atoms with Crippen LogP contribution in [0.2, 0.25) is 0 Å². The number of fused-ring (bicyclic) bond motifs is 2. The summed E-state index contributed by atoms with van der Waals surface area (Å²) in [4.78, 5) is 0. The number of hydrogen-bond donors (Lipinski definition) is 0. The first kappa shape index (κ1) is 26.7. The highest BCUT2D eigenvalue weighted by atomic mass is 14.2. The van der Waals surface area contributed by atoms with Gasteiger partial charge in [0.15, 0.2) is 0 Å². The van der Waals surface area contributed by atoms with E-state index < -0.39 is 0 Å². The van der Waals surface area contributed by atoms with E-state index in [0.717, 1.165) is 71.1 Å². The second-order valence-corrected chi connectivity index (χ2v) is 14.1. The maximum atomic E-state index is 9.65. The third-order valence-corrected chi connectivity index (χ3v) is 11.0. The zero-order valence-corrected chi connectivity index (χ0v) is 29.3. The van der Waals surface area contributed by atoms with Crippen LogP contribution < -0.4 is 0 Å². The molecule has 0 bridgehead atoms. The summed E-state index contributed by atoms with van der Waals surface area (Å²) in [6.45, 7) is 0. The fourth-order valence-corrected chi connectivity index (χ4v) is 8.56. The summed E-state index contributed by atoms with van der Waals surface area (Å²) in [6.07, 6.45) is 0. The molecule has 0 unspecified atom stereocenters. The fraction of sp³-hybridized carbons (Fsp3) is 0. The molecule has 0 saturated carbocycles. The molecule has 11 rings (SSSR count). The maximum absolute atomic E-state index is 9.65. The molecule has 0 aliphatic carbocycles. The van der Waals surface area contributed by atoms with Crippen molar-refractivity contribution in [2.45, 2.75) is 0 Å². The van der Waals surface area contributed by atoms with Gasteiger partial charge in [-0.3, -0.25) is 0 Å². The Balaban J connectivity index is 1.16. The average Bonchev–Trinajstić information content (AvgIpc) is 3.28. The van der Waals surface area contributed by atoms with E-state index in [1.807, 2.05) is 48.5 Å². The van der Waals surface area contributed by atoms with E-state index in [0.29, 0.717) is 22.3 Å². The minimum absolute atomic E-state index is 0.0517. The summed E-state index contributed by atoms with van der Waals surface area (Å²) in [7, 11) is 0. The minimum atomic E-state index is -0.0541. The number of rotatable bonds is 5. The molecule has 0 radical (unpaired) electrons. The second-order valence-electron chi connectivity index (χ2n) is 14.1. The molecule has 250 valence electrons. The SMILES string of the molecule is [2H]c1c([2H])c(-c2c3ccccc3c(-c3cc(-c4ccccc4)cc(-c4ccccc4)c3)c3ccccc23)c([2H])c([2H])c1-c1cc2ccc3cccc4ccc(c1)c2c34. The van der Waals surface area contributed by atoms with Crippen molar-refractivity contribution in [2.75, 3.05) is 0 Å². The van der Waals surface area contributed by atoms with Gasteiger partial charge in [-0.1, -0.05) is 176 Å². The van der Waals surface area contributed by atoms with Crippen LogP contribution in [-0.4, -0.2) is 0 Å². The molecule has 0 spiro atoms. The number of benzene rings is 11. The third kappa shape index (κ3) is 4.92. The van der Waals surface area contributed by atoms with Crippen molar-refractivity contribution in [3.05, 3.63) is 206 Å². The van der Waals surface area contributed by atoms with Crippen molar-refractivity contribution >= 4 is 53.9 Å². The molecule has 11 aromatic carbocycles. The predicted octanol–water partition coefficient (Wildman–Crippen LogP) is 15.2. The van der Waals surface area contributed by atoms with Crippen LogP contribution in [0.5, 0.6) is 0 Å². The molecule has 0 N–H and O–H groups in total. The van der Waals surface area contributed by atoms with E-state index >= 15 is 0 Å². The standard InChI is InChI=1S/C54H34/c1-3-12-35(13-4-1)44-32-45(36-14-5-2-6-15-36)34-46(33-44)54-49-20-9-7-18-47(49)53(48-19-8-10-21-50(48)54)40-24-22-37(23-25-40)43-30-41-28-26-38-16-11-17-39-27-29-42(31-43)52(41)51(38)39/h1-34H/i22D,23D,24D,25D. The predicted molar refractivity (Wildman–Crippen MR) is 232 cm³/mol. The molecule has 0 atom stereocenters. The topological polar surface area (TPSA) is 0 Å². The Hall–Kier alpha value is -7.02. The van der Waals surface area contributed by atoms with Gasteiger partial charge in [-0.05, 0) is 140 Å². The normalized spacial score (nSPS) is 12.7. The highest BCUT2D eigenvalue weighted by molar-refractivity contribution is 6.24. The first-order valence-corrected chi connectivity index (χ1v) is 18.4. The van der Waals surface area contributed by atoms with Crippen molar-refractivity contribution in [3.8, 4) is 55.6 Å². The maximum Gasteiger partial charge on any atom is 0.0629 e. The van der Waals surface area contributed by atoms with Crippen LogP contribution in [0.1, 0.15) is 5.48 Å². The lowest BCUT2D eigenvalue weighted by molar-refractivity contribution is 1.58. The molecule has 0 nitrogen and oxygen atoms in total. The smallest absolute Gasteiger partial charge is 0.0622 e. The average molecular weight is 687 g/mol. The van der Waals surface area contributed by atoms with Gasteiger partial charge >= 0.3 is 0 Å². The molecule has 54 heavy (non-hydrogen) atoms.